The first-order valence-electron chi connectivity index (χ1n) is 9.42. The summed E-state index contributed by atoms with van der Waals surface area (Å²) in [7, 11) is 0. The van der Waals surface area contributed by atoms with Gasteiger partial charge in [0.1, 0.15) is 0 Å². The van der Waals surface area contributed by atoms with Gasteiger partial charge in [-0.1, -0.05) is 39.2 Å². The van der Waals surface area contributed by atoms with Crippen molar-refractivity contribution in [1.29, 1.82) is 0 Å². The third kappa shape index (κ3) is 5.20. The van der Waals surface area contributed by atoms with E-state index in [0.29, 0.717) is 11.8 Å². The Hall–Kier alpha value is -0.600. The van der Waals surface area contributed by atoms with Gasteiger partial charge in [0, 0.05) is 0 Å². The third-order valence-electron chi connectivity index (χ3n) is 6.36. The van der Waals surface area contributed by atoms with Crippen LogP contribution in [0.1, 0.15) is 79.1 Å². The second kappa shape index (κ2) is 10.4. The molecule has 0 spiro atoms. The van der Waals surface area contributed by atoms with Crippen molar-refractivity contribution < 1.29 is 10.2 Å². The zero-order valence-electron chi connectivity index (χ0n) is 13.7. The zero-order valence-corrected chi connectivity index (χ0v) is 13.7. The third-order valence-corrected chi connectivity index (χ3v) is 6.36. The molecule has 0 aliphatic heterocycles. The van der Waals surface area contributed by atoms with Gasteiger partial charge in [-0.2, -0.15) is 0 Å². The van der Waals surface area contributed by atoms with Crippen LogP contribution in [0, 0.1) is 23.7 Å². The molecule has 6 atom stereocenters. The Morgan fingerprint density at radius 2 is 0.875 bits per heavy atom. The molecule has 0 bridgehead atoms. The van der Waals surface area contributed by atoms with Crippen molar-refractivity contribution in [1.82, 2.24) is 0 Å². The Bertz CT molecular complexity index is 363. The van der Waals surface area contributed by atoms with Crippen LogP contribution < -0.4 is 0 Å². The predicted octanol–water partition coefficient (Wildman–Crippen LogP) is 5.50. The Kier molecular flexibility index (Phi) is 9.30. The highest BCUT2D eigenvalue weighted by Crippen LogP contribution is 2.42. The lowest BCUT2D eigenvalue weighted by Gasteiger charge is -2.42. The molecule has 2 fully saturated rings. The first-order chi connectivity index (χ1) is 10.8. The van der Waals surface area contributed by atoms with Crippen molar-refractivity contribution >= 4 is 0 Å². The van der Waals surface area contributed by atoms with E-state index in [1.807, 2.05) is 0 Å². The number of rotatable bonds is 0. The molecule has 0 aromatic rings. The van der Waals surface area contributed by atoms with Gasteiger partial charge in [0.15, 0.2) is 0 Å². The average molecular weight is 337 g/mol. The van der Waals surface area contributed by atoms with Gasteiger partial charge in [0.25, 0.3) is 0 Å². The fourth-order valence-electron chi connectivity index (χ4n) is 4.75. The van der Waals surface area contributed by atoms with Crippen molar-refractivity contribution in [2.75, 3.05) is 0 Å². The van der Waals surface area contributed by atoms with Crippen LogP contribution in [0.5, 0.6) is 0 Å². The van der Waals surface area contributed by atoms with E-state index < -0.39 is 0 Å². The van der Waals surface area contributed by atoms with Gasteiger partial charge in [0.05, 0.1) is 12.2 Å². The van der Waals surface area contributed by atoms with E-state index in [1.165, 1.54) is 51.4 Å². The summed E-state index contributed by atoms with van der Waals surface area (Å²) in [5.41, 5.74) is 0. The lowest BCUT2D eigenvalue weighted by molar-refractivity contribution is -0.0410. The van der Waals surface area contributed by atoms with Gasteiger partial charge < -0.3 is 10.2 Å². The van der Waals surface area contributed by atoms with Crippen LogP contribution >= 0.6 is 0 Å². The standard InChI is InChI=1S/2C10H16O.2CH4/c2*11-10-7-8-5-3-1-2-4-6-9(8)10;;/h2*1-2,8-11H,3-7H2;2*1H4/b2-1+;2-1-;;. The smallest absolute Gasteiger partial charge is 0.0573 e. The molecule has 0 radical (unpaired) electrons. The summed E-state index contributed by atoms with van der Waals surface area (Å²) in [6.45, 7) is 0. The van der Waals surface area contributed by atoms with E-state index in [2.05, 4.69) is 24.3 Å². The number of aliphatic hydroxyl groups is 2. The molecule has 0 amide bonds. The predicted molar refractivity (Wildman–Crippen MR) is 104 cm³/mol. The molecule has 4 aliphatic rings. The summed E-state index contributed by atoms with van der Waals surface area (Å²) in [6, 6.07) is 0. The summed E-state index contributed by atoms with van der Waals surface area (Å²) in [5.74, 6) is 2.96. The minimum atomic E-state index is 0. The highest BCUT2D eigenvalue weighted by atomic mass is 16.3. The van der Waals surface area contributed by atoms with Crippen LogP contribution in [-0.4, -0.2) is 22.4 Å². The highest BCUT2D eigenvalue weighted by molar-refractivity contribution is 4.96. The first kappa shape index (κ1) is 21.4. The Labute approximate surface area is 150 Å². The van der Waals surface area contributed by atoms with Crippen molar-refractivity contribution in [2.24, 2.45) is 23.7 Å². The van der Waals surface area contributed by atoms with E-state index in [0.717, 1.165) is 24.7 Å². The van der Waals surface area contributed by atoms with E-state index in [4.69, 9.17) is 0 Å². The fraction of sp³-hybridized carbons (Fsp3) is 0.818. The van der Waals surface area contributed by atoms with Gasteiger partial charge in [-0.25, -0.2) is 0 Å². The topological polar surface area (TPSA) is 40.5 Å². The van der Waals surface area contributed by atoms with Crippen molar-refractivity contribution in [2.45, 2.75) is 91.3 Å². The molecule has 140 valence electrons. The number of hydrogen-bond acceptors (Lipinski definition) is 2. The maximum absolute atomic E-state index is 9.44. The quantitative estimate of drug-likeness (QED) is 0.573. The van der Waals surface area contributed by atoms with E-state index in [1.54, 1.807) is 0 Å². The lowest BCUT2D eigenvalue weighted by atomic mass is 9.66. The van der Waals surface area contributed by atoms with Crippen LogP contribution in [0.15, 0.2) is 24.3 Å². The van der Waals surface area contributed by atoms with Crippen LogP contribution in [0.25, 0.3) is 0 Å². The normalized spacial score (nSPS) is 42.6. The molecule has 0 saturated heterocycles. The van der Waals surface area contributed by atoms with Crippen molar-refractivity contribution in [3.8, 4) is 0 Å². The molecule has 0 aromatic carbocycles. The van der Waals surface area contributed by atoms with Gasteiger partial charge >= 0.3 is 0 Å². The highest BCUT2D eigenvalue weighted by Gasteiger charge is 2.39. The van der Waals surface area contributed by atoms with Gasteiger partial charge in [-0.3, -0.25) is 0 Å². The number of fused-ring (bicyclic) bond motifs is 2. The van der Waals surface area contributed by atoms with Crippen LogP contribution in [0.2, 0.25) is 0 Å². The van der Waals surface area contributed by atoms with Crippen LogP contribution in [-0.2, 0) is 0 Å². The number of allylic oxidation sites excluding steroid dienone is 4. The molecule has 0 aromatic heterocycles. The molecule has 4 aliphatic carbocycles. The molecule has 24 heavy (non-hydrogen) atoms. The van der Waals surface area contributed by atoms with E-state index in [9.17, 15) is 10.2 Å². The minimum Gasteiger partial charge on any atom is -0.393 e. The summed E-state index contributed by atoms with van der Waals surface area (Å²) in [5, 5.41) is 18.9. The van der Waals surface area contributed by atoms with Crippen molar-refractivity contribution in [3.63, 3.8) is 0 Å². The Morgan fingerprint density at radius 1 is 0.542 bits per heavy atom. The van der Waals surface area contributed by atoms with E-state index >= 15 is 0 Å². The average Bonchev–Trinajstić information content (AvgIpc) is 2.46. The summed E-state index contributed by atoms with van der Waals surface area (Å²) in [4.78, 5) is 0. The zero-order chi connectivity index (χ0) is 15.4. The molecular weight excluding hydrogens is 296 g/mol. The number of aliphatic hydroxyl groups excluding tert-OH is 2. The molecule has 6 unspecified atom stereocenters. The second-order valence-electron chi connectivity index (χ2n) is 7.71. The molecular formula is C22H40O2. The maximum Gasteiger partial charge on any atom is 0.0573 e. The summed E-state index contributed by atoms with van der Waals surface area (Å²) >= 11 is 0. The molecule has 2 saturated carbocycles. The molecule has 2 nitrogen and oxygen atoms in total. The van der Waals surface area contributed by atoms with Crippen LogP contribution in [0.3, 0.4) is 0 Å². The lowest BCUT2D eigenvalue weighted by Crippen LogP contribution is -2.41. The Morgan fingerprint density at radius 3 is 1.21 bits per heavy atom. The molecule has 0 heterocycles. The minimum absolute atomic E-state index is 0. The van der Waals surface area contributed by atoms with Crippen LogP contribution in [0.4, 0.5) is 0 Å². The monoisotopic (exact) mass is 336 g/mol. The first-order valence-corrected chi connectivity index (χ1v) is 9.42. The maximum atomic E-state index is 9.44. The molecule has 2 N–H and O–H groups in total. The van der Waals surface area contributed by atoms with Gasteiger partial charge in [-0.05, 0) is 87.9 Å². The largest absolute Gasteiger partial charge is 0.393 e. The fourth-order valence-corrected chi connectivity index (χ4v) is 4.75. The summed E-state index contributed by atoms with van der Waals surface area (Å²) in [6.07, 6.45) is 21.2. The van der Waals surface area contributed by atoms with Gasteiger partial charge in [0.2, 0.25) is 0 Å². The summed E-state index contributed by atoms with van der Waals surface area (Å²) < 4.78 is 0. The van der Waals surface area contributed by atoms with E-state index in [-0.39, 0.29) is 27.1 Å². The Balaban J connectivity index is 0.000000222. The second-order valence-corrected chi connectivity index (χ2v) is 7.71. The SMILES string of the molecule is C.C.OC1CC2CC/C=C/CCC12.OC1CC2CC/C=C\CCC12. The van der Waals surface area contributed by atoms with Crippen molar-refractivity contribution in [3.05, 3.63) is 24.3 Å². The molecule has 2 heteroatoms. The number of hydrogen-bond donors (Lipinski definition) is 2. The molecule has 4 rings (SSSR count). The van der Waals surface area contributed by atoms with Gasteiger partial charge in [-0.15, -0.1) is 0 Å².